The molecule has 30 heavy (non-hydrogen) atoms. The highest BCUT2D eigenvalue weighted by Gasteiger charge is 2.30. The average molecular weight is 417 g/mol. The minimum Gasteiger partial charge on any atom is -0.485 e. The van der Waals surface area contributed by atoms with Gasteiger partial charge in [0.15, 0.2) is 11.5 Å². The summed E-state index contributed by atoms with van der Waals surface area (Å²) in [6.45, 7) is 4.99. The molecular formula is C21H23NO8. The standard InChI is InChI=1S/C21H23NO8/c1-4-26-20(24)17-12(3)18(21(25)27-5-2)22-13(17)10-29-19(23)16-11-28-14-8-6-7-9-15(14)30-16/h6-9,16,22H,4-5,10-11H2,1-3H3/t16-/m0/s1. The highest BCUT2D eigenvalue weighted by Crippen LogP contribution is 2.31. The zero-order valence-corrected chi connectivity index (χ0v) is 17.0. The fraction of sp³-hybridized carbons (Fsp3) is 0.381. The molecule has 2 aromatic rings. The van der Waals surface area contributed by atoms with Crippen LogP contribution in [0.2, 0.25) is 0 Å². The van der Waals surface area contributed by atoms with Crippen LogP contribution < -0.4 is 9.47 Å². The summed E-state index contributed by atoms with van der Waals surface area (Å²) in [5.74, 6) is -0.912. The van der Waals surface area contributed by atoms with E-state index < -0.39 is 24.0 Å². The Morgan fingerprint density at radius 3 is 2.40 bits per heavy atom. The van der Waals surface area contributed by atoms with E-state index in [1.165, 1.54) is 0 Å². The summed E-state index contributed by atoms with van der Waals surface area (Å²) in [7, 11) is 0. The predicted molar refractivity (Wildman–Crippen MR) is 104 cm³/mol. The Hall–Kier alpha value is -3.49. The smallest absolute Gasteiger partial charge is 0.355 e. The number of hydrogen-bond donors (Lipinski definition) is 1. The lowest BCUT2D eigenvalue weighted by atomic mass is 10.1. The first-order valence-electron chi connectivity index (χ1n) is 9.57. The number of aromatic amines is 1. The van der Waals surface area contributed by atoms with E-state index in [0.29, 0.717) is 17.1 Å². The molecule has 9 nitrogen and oxygen atoms in total. The third kappa shape index (κ3) is 4.40. The second-order valence-electron chi connectivity index (χ2n) is 6.39. The Balaban J connectivity index is 1.75. The number of carbonyl (C=O) groups excluding carboxylic acids is 3. The minimum absolute atomic E-state index is 0.00158. The number of benzene rings is 1. The number of para-hydroxylation sites is 2. The largest absolute Gasteiger partial charge is 0.485 e. The van der Waals surface area contributed by atoms with E-state index in [2.05, 4.69) is 4.98 Å². The van der Waals surface area contributed by atoms with Crippen LogP contribution in [0.5, 0.6) is 11.5 Å². The van der Waals surface area contributed by atoms with Gasteiger partial charge in [0.25, 0.3) is 0 Å². The van der Waals surface area contributed by atoms with Crippen molar-refractivity contribution in [2.24, 2.45) is 0 Å². The van der Waals surface area contributed by atoms with E-state index in [9.17, 15) is 14.4 Å². The van der Waals surface area contributed by atoms with Gasteiger partial charge in [0.05, 0.1) is 24.5 Å². The molecule has 0 radical (unpaired) electrons. The topological polar surface area (TPSA) is 113 Å². The lowest BCUT2D eigenvalue weighted by Crippen LogP contribution is -2.37. The van der Waals surface area contributed by atoms with E-state index in [1.807, 2.05) is 0 Å². The van der Waals surface area contributed by atoms with Crippen molar-refractivity contribution in [2.75, 3.05) is 19.8 Å². The number of fused-ring (bicyclic) bond motifs is 1. The lowest BCUT2D eigenvalue weighted by Gasteiger charge is -2.24. The molecule has 0 aliphatic carbocycles. The molecule has 1 aromatic heterocycles. The first kappa shape index (κ1) is 21.2. The summed E-state index contributed by atoms with van der Waals surface area (Å²) < 4.78 is 26.5. The van der Waals surface area contributed by atoms with Crippen molar-refractivity contribution in [2.45, 2.75) is 33.5 Å². The molecule has 160 valence electrons. The van der Waals surface area contributed by atoms with Crippen molar-refractivity contribution in [1.82, 2.24) is 4.98 Å². The number of nitrogens with one attached hydrogen (secondary N) is 1. The van der Waals surface area contributed by atoms with Gasteiger partial charge in [-0.15, -0.1) is 0 Å². The first-order valence-corrected chi connectivity index (χ1v) is 9.57. The summed E-state index contributed by atoms with van der Waals surface area (Å²) >= 11 is 0. The van der Waals surface area contributed by atoms with Gasteiger partial charge >= 0.3 is 17.9 Å². The molecule has 0 amide bonds. The summed E-state index contributed by atoms with van der Waals surface area (Å²) in [5.41, 5.74) is 0.847. The van der Waals surface area contributed by atoms with Crippen LogP contribution in [0.3, 0.4) is 0 Å². The normalized spacial score (nSPS) is 14.7. The zero-order chi connectivity index (χ0) is 21.7. The second kappa shape index (κ2) is 9.34. The Morgan fingerprint density at radius 2 is 1.70 bits per heavy atom. The monoisotopic (exact) mass is 417 g/mol. The molecule has 0 spiro atoms. The van der Waals surface area contributed by atoms with Crippen molar-refractivity contribution in [3.8, 4) is 11.5 Å². The molecule has 1 aromatic carbocycles. The maximum absolute atomic E-state index is 12.5. The highest BCUT2D eigenvalue weighted by atomic mass is 16.6. The van der Waals surface area contributed by atoms with Gasteiger partial charge in [0.1, 0.15) is 18.9 Å². The molecule has 2 heterocycles. The Morgan fingerprint density at radius 1 is 1.03 bits per heavy atom. The number of esters is 3. The van der Waals surface area contributed by atoms with Crippen LogP contribution in [-0.4, -0.2) is 48.8 Å². The van der Waals surface area contributed by atoms with Gasteiger partial charge in [-0.25, -0.2) is 14.4 Å². The number of carbonyl (C=O) groups is 3. The quantitative estimate of drug-likeness (QED) is 0.540. The van der Waals surface area contributed by atoms with Crippen LogP contribution in [0.4, 0.5) is 0 Å². The molecule has 0 saturated heterocycles. The van der Waals surface area contributed by atoms with Crippen LogP contribution in [-0.2, 0) is 25.6 Å². The number of hydrogen-bond acceptors (Lipinski definition) is 8. The Labute approximate surface area is 173 Å². The summed E-state index contributed by atoms with van der Waals surface area (Å²) in [5, 5.41) is 0. The van der Waals surface area contributed by atoms with Crippen molar-refractivity contribution in [1.29, 1.82) is 0 Å². The van der Waals surface area contributed by atoms with Gasteiger partial charge in [0.2, 0.25) is 6.10 Å². The van der Waals surface area contributed by atoms with E-state index in [1.54, 1.807) is 45.0 Å². The fourth-order valence-electron chi connectivity index (χ4n) is 3.03. The van der Waals surface area contributed by atoms with Gasteiger partial charge < -0.3 is 28.7 Å². The second-order valence-corrected chi connectivity index (χ2v) is 6.39. The molecule has 0 bridgehead atoms. The van der Waals surface area contributed by atoms with E-state index in [0.717, 1.165) is 0 Å². The molecule has 1 aliphatic rings. The predicted octanol–water partition coefficient (Wildman–Crippen LogP) is 2.56. The van der Waals surface area contributed by atoms with Gasteiger partial charge in [-0.1, -0.05) is 12.1 Å². The molecule has 0 fully saturated rings. The molecule has 0 saturated carbocycles. The summed E-state index contributed by atoms with van der Waals surface area (Å²) in [4.78, 5) is 39.8. The SMILES string of the molecule is CCOC(=O)c1[nH]c(COC(=O)[C@@H]2COc3ccccc3O2)c(C(=O)OCC)c1C. The molecule has 3 rings (SSSR count). The molecule has 1 aliphatic heterocycles. The third-order valence-corrected chi connectivity index (χ3v) is 4.42. The maximum atomic E-state index is 12.5. The van der Waals surface area contributed by atoms with E-state index in [-0.39, 0.29) is 43.4 Å². The van der Waals surface area contributed by atoms with Crippen molar-refractivity contribution >= 4 is 17.9 Å². The third-order valence-electron chi connectivity index (χ3n) is 4.42. The number of H-pyrrole nitrogens is 1. The van der Waals surface area contributed by atoms with Crippen LogP contribution >= 0.6 is 0 Å². The maximum Gasteiger partial charge on any atom is 0.355 e. The van der Waals surface area contributed by atoms with Crippen LogP contribution in [0.15, 0.2) is 24.3 Å². The van der Waals surface area contributed by atoms with Gasteiger partial charge in [-0.05, 0) is 38.5 Å². The van der Waals surface area contributed by atoms with Gasteiger partial charge in [0, 0.05) is 0 Å². The molecule has 1 atom stereocenters. The van der Waals surface area contributed by atoms with Gasteiger partial charge in [-0.3, -0.25) is 0 Å². The number of aromatic nitrogens is 1. The highest BCUT2D eigenvalue weighted by molar-refractivity contribution is 5.98. The minimum atomic E-state index is -0.952. The molecular weight excluding hydrogens is 394 g/mol. The fourth-order valence-corrected chi connectivity index (χ4v) is 3.03. The van der Waals surface area contributed by atoms with Crippen molar-refractivity contribution < 1.29 is 38.1 Å². The number of rotatable bonds is 7. The van der Waals surface area contributed by atoms with Crippen LogP contribution in [0.25, 0.3) is 0 Å². The number of ether oxygens (including phenoxy) is 5. The van der Waals surface area contributed by atoms with E-state index >= 15 is 0 Å². The van der Waals surface area contributed by atoms with Crippen molar-refractivity contribution in [3.63, 3.8) is 0 Å². The Kier molecular flexibility index (Phi) is 6.61. The molecule has 1 N–H and O–H groups in total. The van der Waals surface area contributed by atoms with E-state index in [4.69, 9.17) is 23.7 Å². The summed E-state index contributed by atoms with van der Waals surface area (Å²) in [6.07, 6.45) is -0.952. The van der Waals surface area contributed by atoms with Crippen LogP contribution in [0, 0.1) is 6.92 Å². The first-order chi connectivity index (χ1) is 14.5. The molecule has 9 heteroatoms. The van der Waals surface area contributed by atoms with Crippen LogP contribution in [0.1, 0.15) is 46.0 Å². The molecule has 0 unspecified atom stereocenters. The Bertz CT molecular complexity index is 948. The summed E-state index contributed by atoms with van der Waals surface area (Å²) in [6, 6.07) is 6.99. The van der Waals surface area contributed by atoms with Gasteiger partial charge in [-0.2, -0.15) is 0 Å². The lowest BCUT2D eigenvalue weighted by molar-refractivity contribution is -0.156. The van der Waals surface area contributed by atoms with Crippen molar-refractivity contribution in [3.05, 3.63) is 46.8 Å². The zero-order valence-electron chi connectivity index (χ0n) is 17.0. The average Bonchev–Trinajstić information content (AvgIpc) is 3.08.